The molecule has 2 aromatic carbocycles. The molecule has 5 aromatic rings. The summed E-state index contributed by atoms with van der Waals surface area (Å²) in [6, 6.07) is 15.0. The molecule has 10 heteroatoms. The number of aromatic nitrogens is 4. The number of nitrogens with one attached hydrogen (secondary N) is 3. The lowest BCUT2D eigenvalue weighted by molar-refractivity contribution is -0.141. The van der Waals surface area contributed by atoms with Crippen molar-refractivity contribution in [3.63, 3.8) is 0 Å². The van der Waals surface area contributed by atoms with Crippen molar-refractivity contribution in [2.75, 3.05) is 7.11 Å². The van der Waals surface area contributed by atoms with E-state index in [4.69, 9.17) is 15.1 Å². The summed E-state index contributed by atoms with van der Waals surface area (Å²) in [7, 11) is 3.08. The second-order valence-corrected chi connectivity index (χ2v) is 9.00. The topological polar surface area (TPSA) is 126 Å². The van der Waals surface area contributed by atoms with Crippen molar-refractivity contribution in [2.45, 2.75) is 12.5 Å². The van der Waals surface area contributed by atoms with Gasteiger partial charge < -0.3 is 20.0 Å². The Hall–Kier alpha value is -4.31. The van der Waals surface area contributed by atoms with Gasteiger partial charge in [-0.25, -0.2) is 4.98 Å². The predicted molar refractivity (Wildman–Crippen MR) is 134 cm³/mol. The minimum Gasteiger partial charge on any atom is -0.468 e. The van der Waals surface area contributed by atoms with Crippen molar-refractivity contribution < 1.29 is 14.3 Å². The molecule has 3 N–H and O–H groups in total. The van der Waals surface area contributed by atoms with Gasteiger partial charge in [-0.2, -0.15) is 5.10 Å². The lowest BCUT2D eigenvalue weighted by atomic mass is 10.0. The van der Waals surface area contributed by atoms with E-state index in [2.05, 4.69) is 15.5 Å². The van der Waals surface area contributed by atoms with Crippen LogP contribution in [0.3, 0.4) is 0 Å². The zero-order valence-electron chi connectivity index (χ0n) is 19.0. The lowest BCUT2D eigenvalue weighted by Gasteiger charge is -2.12. The highest BCUT2D eigenvalue weighted by molar-refractivity contribution is 7.19. The molecule has 1 amide bonds. The Bertz CT molecular complexity index is 1570. The van der Waals surface area contributed by atoms with Gasteiger partial charge in [0, 0.05) is 30.8 Å². The van der Waals surface area contributed by atoms with E-state index < -0.39 is 11.9 Å². The van der Waals surface area contributed by atoms with Crippen LogP contribution in [0.15, 0.2) is 54.7 Å². The van der Waals surface area contributed by atoms with Crippen LogP contribution >= 0.6 is 11.3 Å². The van der Waals surface area contributed by atoms with Gasteiger partial charge in [0.1, 0.15) is 16.6 Å². The van der Waals surface area contributed by atoms with Gasteiger partial charge in [-0.3, -0.25) is 14.7 Å². The second kappa shape index (κ2) is 9.15. The smallest absolute Gasteiger partial charge is 0.320 e. The van der Waals surface area contributed by atoms with Crippen LogP contribution in [0.5, 0.6) is 0 Å². The van der Waals surface area contributed by atoms with Gasteiger partial charge >= 0.3 is 5.97 Å². The number of H-pyrrole nitrogens is 1. The summed E-state index contributed by atoms with van der Waals surface area (Å²) >= 11 is 1.29. The zero-order valence-corrected chi connectivity index (χ0v) is 19.8. The Kier molecular flexibility index (Phi) is 5.87. The normalized spacial score (nSPS) is 12.1. The third kappa shape index (κ3) is 3.87. The lowest BCUT2D eigenvalue weighted by Crippen LogP contribution is -2.26. The molecule has 3 heterocycles. The number of thiazole rings is 1. The molecule has 0 aliphatic rings. The standard InChI is InChI=1S/C25H22N6O3S/c1-31-20(23(32)27-12-15-9-6-10-18-17(15)13-28-30-18)16(11-26)21-22(31)29-24(35-21)19(25(33)34-2)14-7-4-3-5-8-14/h3-11,13,19,26H,12H2,1-2H3,(H,27,32)(H,28,30). The van der Waals surface area contributed by atoms with E-state index in [1.165, 1.54) is 18.4 Å². The molecular formula is C25H22N6O3S. The maximum absolute atomic E-state index is 13.2. The highest BCUT2D eigenvalue weighted by Crippen LogP contribution is 2.36. The highest BCUT2D eigenvalue weighted by atomic mass is 32.1. The van der Waals surface area contributed by atoms with Gasteiger partial charge in [0.2, 0.25) is 0 Å². The predicted octanol–water partition coefficient (Wildman–Crippen LogP) is 3.74. The fourth-order valence-corrected chi connectivity index (χ4v) is 5.47. The van der Waals surface area contributed by atoms with Gasteiger partial charge in [0.25, 0.3) is 5.91 Å². The van der Waals surface area contributed by atoms with Gasteiger partial charge in [-0.05, 0) is 17.2 Å². The van der Waals surface area contributed by atoms with Crippen molar-refractivity contribution in [3.05, 3.63) is 82.1 Å². The fraction of sp³-hybridized carbons (Fsp3) is 0.160. The van der Waals surface area contributed by atoms with E-state index in [-0.39, 0.29) is 5.91 Å². The molecule has 176 valence electrons. The van der Waals surface area contributed by atoms with E-state index in [0.29, 0.717) is 33.2 Å². The number of ether oxygens (including phenoxy) is 1. The minimum absolute atomic E-state index is 0.309. The number of carbonyl (C=O) groups excluding carboxylic acids is 2. The first-order valence-electron chi connectivity index (χ1n) is 10.8. The molecule has 1 unspecified atom stereocenters. The summed E-state index contributed by atoms with van der Waals surface area (Å²) in [4.78, 5) is 30.5. The largest absolute Gasteiger partial charge is 0.468 e. The number of carbonyl (C=O) groups is 2. The maximum atomic E-state index is 13.2. The van der Waals surface area contributed by atoms with Gasteiger partial charge in [0.05, 0.1) is 23.5 Å². The Morgan fingerprint density at radius 3 is 2.77 bits per heavy atom. The molecule has 0 saturated carbocycles. The SMILES string of the molecule is COC(=O)C(c1ccccc1)c1nc2c(s1)c(C=N)c(C(=O)NCc1cccc3[nH]ncc13)n2C. The summed E-state index contributed by atoms with van der Waals surface area (Å²) < 4.78 is 7.39. The molecule has 35 heavy (non-hydrogen) atoms. The monoisotopic (exact) mass is 486 g/mol. The summed E-state index contributed by atoms with van der Waals surface area (Å²) in [5.41, 5.74) is 3.93. The number of hydrogen-bond acceptors (Lipinski definition) is 7. The molecular weight excluding hydrogens is 464 g/mol. The van der Waals surface area contributed by atoms with Crippen molar-refractivity contribution in [1.29, 1.82) is 5.41 Å². The number of nitrogens with zero attached hydrogens (tertiary/aromatic N) is 3. The van der Waals surface area contributed by atoms with E-state index in [1.54, 1.807) is 17.8 Å². The van der Waals surface area contributed by atoms with Crippen LogP contribution in [-0.4, -0.2) is 44.9 Å². The molecule has 5 rings (SSSR count). The van der Waals surface area contributed by atoms with Gasteiger partial charge in [0.15, 0.2) is 5.65 Å². The van der Waals surface area contributed by atoms with Crippen molar-refractivity contribution >= 4 is 50.7 Å². The number of rotatable bonds is 7. The molecule has 0 aliphatic carbocycles. The third-order valence-corrected chi connectivity index (χ3v) is 7.11. The number of methoxy groups -OCH3 is 1. The highest BCUT2D eigenvalue weighted by Gasteiger charge is 2.30. The van der Waals surface area contributed by atoms with Crippen molar-refractivity contribution in [3.8, 4) is 0 Å². The molecule has 9 nitrogen and oxygen atoms in total. The van der Waals surface area contributed by atoms with Crippen LogP contribution in [0, 0.1) is 5.41 Å². The molecule has 1 atom stereocenters. The van der Waals surface area contributed by atoms with Crippen LogP contribution in [-0.2, 0) is 23.1 Å². The van der Waals surface area contributed by atoms with Crippen LogP contribution in [0.2, 0.25) is 0 Å². The Morgan fingerprint density at radius 1 is 1.23 bits per heavy atom. The molecule has 0 bridgehead atoms. The molecule has 0 aliphatic heterocycles. The number of aromatic amines is 1. The Morgan fingerprint density at radius 2 is 2.03 bits per heavy atom. The maximum Gasteiger partial charge on any atom is 0.320 e. The number of fused-ring (bicyclic) bond motifs is 2. The first-order valence-corrected chi connectivity index (χ1v) is 11.7. The van der Waals surface area contributed by atoms with Crippen LogP contribution < -0.4 is 5.32 Å². The number of benzene rings is 2. The first-order chi connectivity index (χ1) is 17.0. The quantitative estimate of drug-likeness (QED) is 0.239. The second-order valence-electron chi connectivity index (χ2n) is 7.97. The number of aryl methyl sites for hydroxylation is 1. The van der Waals surface area contributed by atoms with Gasteiger partial charge in [-0.1, -0.05) is 42.5 Å². The molecule has 0 radical (unpaired) electrons. The number of amides is 1. The number of esters is 1. The summed E-state index contributed by atoms with van der Waals surface area (Å²) in [6.07, 6.45) is 2.89. The van der Waals surface area contributed by atoms with Crippen LogP contribution in [0.1, 0.15) is 38.1 Å². The first kappa shape index (κ1) is 22.5. The summed E-state index contributed by atoms with van der Waals surface area (Å²) in [5, 5.41) is 19.4. The Labute approximate surface area is 204 Å². The van der Waals surface area contributed by atoms with E-state index in [1.807, 2.05) is 48.5 Å². The summed E-state index contributed by atoms with van der Waals surface area (Å²) in [6.45, 7) is 0.309. The summed E-state index contributed by atoms with van der Waals surface area (Å²) in [5.74, 6) is -1.42. The average Bonchev–Trinajstić information content (AvgIpc) is 3.59. The third-order valence-electron chi connectivity index (χ3n) is 5.97. The van der Waals surface area contributed by atoms with Crippen molar-refractivity contribution in [2.24, 2.45) is 7.05 Å². The van der Waals surface area contributed by atoms with Gasteiger partial charge in [-0.15, -0.1) is 11.3 Å². The van der Waals surface area contributed by atoms with E-state index in [0.717, 1.165) is 28.2 Å². The molecule has 3 aromatic heterocycles. The van der Waals surface area contributed by atoms with Crippen molar-refractivity contribution in [1.82, 2.24) is 25.1 Å². The molecule has 0 fully saturated rings. The molecule has 0 spiro atoms. The minimum atomic E-state index is -0.690. The van der Waals surface area contributed by atoms with E-state index >= 15 is 0 Å². The van der Waals surface area contributed by atoms with Crippen LogP contribution in [0.25, 0.3) is 21.3 Å². The molecule has 0 saturated heterocycles. The fourth-order valence-electron chi connectivity index (χ4n) is 4.24. The average molecular weight is 487 g/mol. The Balaban J connectivity index is 1.49. The van der Waals surface area contributed by atoms with Crippen LogP contribution in [0.4, 0.5) is 0 Å². The zero-order chi connectivity index (χ0) is 24.5. The number of hydrogen-bond donors (Lipinski definition) is 3. The van der Waals surface area contributed by atoms with E-state index in [9.17, 15) is 9.59 Å².